The minimum Gasteiger partial charge on any atom is -0.337 e. The predicted octanol–water partition coefficient (Wildman–Crippen LogP) is 3.72. The lowest BCUT2D eigenvalue weighted by molar-refractivity contribution is 0.0755. The average molecular weight is 334 g/mol. The van der Waals surface area contributed by atoms with Crippen molar-refractivity contribution < 1.29 is 4.79 Å². The monoisotopic (exact) mass is 334 g/mol. The number of amides is 1. The van der Waals surface area contributed by atoms with Gasteiger partial charge in [-0.05, 0) is 25.8 Å². The van der Waals surface area contributed by atoms with Crippen LogP contribution in [0.25, 0.3) is 16.9 Å². The zero-order chi connectivity index (χ0) is 17.2. The Balaban J connectivity index is 1.70. The highest BCUT2D eigenvalue weighted by Gasteiger charge is 2.21. The average Bonchev–Trinajstić information content (AvgIpc) is 2.89. The standard InChI is InChI=1S/C20H22N4O/c1-15-13-17(16-9-5-4-6-10-16)21-19-14-18(22-24(15)19)20(25)23-11-7-2-3-8-12-23/h4-6,9-10,13-14H,2-3,7-8,11-12H2,1H3. The molecule has 1 fully saturated rings. The summed E-state index contributed by atoms with van der Waals surface area (Å²) in [5, 5.41) is 4.52. The van der Waals surface area contributed by atoms with Crippen molar-refractivity contribution in [2.45, 2.75) is 32.6 Å². The van der Waals surface area contributed by atoms with Gasteiger partial charge in [0.05, 0.1) is 5.69 Å². The third kappa shape index (κ3) is 3.14. The second kappa shape index (κ2) is 6.67. The highest BCUT2D eigenvalue weighted by Crippen LogP contribution is 2.20. The summed E-state index contributed by atoms with van der Waals surface area (Å²) >= 11 is 0. The molecule has 128 valence electrons. The molecule has 1 aliphatic rings. The fourth-order valence-electron chi connectivity index (χ4n) is 3.42. The van der Waals surface area contributed by atoms with Gasteiger partial charge in [0.25, 0.3) is 5.91 Å². The third-order valence-electron chi connectivity index (χ3n) is 4.79. The lowest BCUT2D eigenvalue weighted by Crippen LogP contribution is -2.32. The van der Waals surface area contributed by atoms with Crippen LogP contribution in [0.15, 0.2) is 42.5 Å². The SMILES string of the molecule is Cc1cc(-c2ccccc2)nc2cc(C(=O)N3CCCCCC3)nn12. The summed E-state index contributed by atoms with van der Waals surface area (Å²) in [6.07, 6.45) is 4.56. The summed E-state index contributed by atoms with van der Waals surface area (Å²) in [6.45, 7) is 3.65. The molecule has 1 aromatic carbocycles. The van der Waals surface area contributed by atoms with E-state index in [4.69, 9.17) is 4.98 Å². The maximum atomic E-state index is 12.8. The van der Waals surface area contributed by atoms with Crippen LogP contribution in [0.1, 0.15) is 41.9 Å². The van der Waals surface area contributed by atoms with Crippen molar-refractivity contribution in [3.05, 3.63) is 53.9 Å². The van der Waals surface area contributed by atoms with Crippen molar-refractivity contribution in [2.24, 2.45) is 0 Å². The van der Waals surface area contributed by atoms with Gasteiger partial charge in [0.2, 0.25) is 0 Å². The number of aromatic nitrogens is 3. The molecule has 5 nitrogen and oxygen atoms in total. The zero-order valence-corrected chi connectivity index (χ0v) is 14.5. The molecule has 0 atom stereocenters. The van der Waals surface area contributed by atoms with Crippen LogP contribution >= 0.6 is 0 Å². The summed E-state index contributed by atoms with van der Waals surface area (Å²) < 4.78 is 1.76. The molecule has 0 N–H and O–H groups in total. The van der Waals surface area contributed by atoms with E-state index in [0.29, 0.717) is 5.69 Å². The van der Waals surface area contributed by atoms with E-state index in [1.165, 1.54) is 12.8 Å². The van der Waals surface area contributed by atoms with Crippen molar-refractivity contribution in [3.63, 3.8) is 0 Å². The number of hydrogen-bond acceptors (Lipinski definition) is 3. The maximum absolute atomic E-state index is 12.8. The maximum Gasteiger partial charge on any atom is 0.274 e. The Bertz CT molecular complexity index is 893. The van der Waals surface area contributed by atoms with Crippen LogP contribution in [0.3, 0.4) is 0 Å². The molecule has 5 heteroatoms. The molecule has 0 saturated carbocycles. The van der Waals surface area contributed by atoms with E-state index < -0.39 is 0 Å². The topological polar surface area (TPSA) is 50.5 Å². The van der Waals surface area contributed by atoms with Crippen molar-refractivity contribution in [3.8, 4) is 11.3 Å². The van der Waals surface area contributed by atoms with E-state index in [1.54, 1.807) is 4.52 Å². The van der Waals surface area contributed by atoms with E-state index in [1.807, 2.05) is 54.3 Å². The molecule has 0 aliphatic carbocycles. The highest BCUT2D eigenvalue weighted by molar-refractivity contribution is 5.93. The van der Waals surface area contributed by atoms with Gasteiger partial charge in [0.1, 0.15) is 0 Å². The quantitative estimate of drug-likeness (QED) is 0.718. The number of benzene rings is 1. The first-order valence-electron chi connectivity index (χ1n) is 8.94. The smallest absolute Gasteiger partial charge is 0.274 e. The fraction of sp³-hybridized carbons (Fsp3) is 0.350. The normalized spacial score (nSPS) is 15.3. The predicted molar refractivity (Wildman–Crippen MR) is 97.5 cm³/mol. The summed E-state index contributed by atoms with van der Waals surface area (Å²) in [5.74, 6) is 0.0214. The number of carbonyl (C=O) groups is 1. The Kier molecular flexibility index (Phi) is 4.22. The van der Waals surface area contributed by atoms with Crippen LogP contribution in [-0.4, -0.2) is 38.5 Å². The molecule has 2 aromatic heterocycles. The first kappa shape index (κ1) is 15.8. The molecule has 3 aromatic rings. The Morgan fingerprint density at radius 1 is 1.00 bits per heavy atom. The molecule has 1 saturated heterocycles. The lowest BCUT2D eigenvalue weighted by Gasteiger charge is -2.18. The fourth-order valence-corrected chi connectivity index (χ4v) is 3.42. The molecule has 1 amide bonds. The summed E-state index contributed by atoms with van der Waals surface area (Å²) in [4.78, 5) is 19.4. The largest absolute Gasteiger partial charge is 0.337 e. The number of aryl methyl sites for hydroxylation is 1. The van der Waals surface area contributed by atoms with Crippen LogP contribution in [0, 0.1) is 6.92 Å². The van der Waals surface area contributed by atoms with Crippen molar-refractivity contribution >= 4 is 11.6 Å². The molecule has 0 spiro atoms. The molecule has 0 bridgehead atoms. The van der Waals surface area contributed by atoms with Gasteiger partial charge in [-0.2, -0.15) is 5.10 Å². The summed E-state index contributed by atoms with van der Waals surface area (Å²) in [7, 11) is 0. The Labute approximate surface area is 147 Å². The van der Waals surface area contributed by atoms with Gasteiger partial charge in [0, 0.05) is 30.4 Å². The third-order valence-corrected chi connectivity index (χ3v) is 4.79. The lowest BCUT2D eigenvalue weighted by atomic mass is 10.1. The van der Waals surface area contributed by atoms with Crippen LogP contribution in [0.5, 0.6) is 0 Å². The van der Waals surface area contributed by atoms with Crippen LogP contribution in [0.2, 0.25) is 0 Å². The Morgan fingerprint density at radius 3 is 2.44 bits per heavy atom. The zero-order valence-electron chi connectivity index (χ0n) is 14.5. The van der Waals surface area contributed by atoms with Crippen molar-refractivity contribution in [1.82, 2.24) is 19.5 Å². The van der Waals surface area contributed by atoms with Gasteiger partial charge in [-0.25, -0.2) is 9.50 Å². The van der Waals surface area contributed by atoms with E-state index in [0.717, 1.165) is 48.5 Å². The van der Waals surface area contributed by atoms with Crippen LogP contribution in [-0.2, 0) is 0 Å². The Hall–Kier alpha value is -2.69. The van der Waals surface area contributed by atoms with Gasteiger partial charge in [0.15, 0.2) is 11.3 Å². The second-order valence-electron chi connectivity index (χ2n) is 6.65. The number of nitrogens with zero attached hydrogens (tertiary/aromatic N) is 4. The van der Waals surface area contributed by atoms with Gasteiger partial charge < -0.3 is 4.90 Å². The minimum atomic E-state index is 0.0214. The van der Waals surface area contributed by atoms with Gasteiger partial charge >= 0.3 is 0 Å². The highest BCUT2D eigenvalue weighted by atomic mass is 16.2. The van der Waals surface area contributed by atoms with Gasteiger partial charge in [-0.3, -0.25) is 4.79 Å². The number of carbonyl (C=O) groups excluding carboxylic acids is 1. The van der Waals surface area contributed by atoms with E-state index in [9.17, 15) is 4.79 Å². The second-order valence-corrected chi connectivity index (χ2v) is 6.65. The first-order chi connectivity index (χ1) is 12.2. The molecule has 25 heavy (non-hydrogen) atoms. The summed E-state index contributed by atoms with van der Waals surface area (Å²) in [5.41, 5.74) is 4.15. The van der Waals surface area contributed by atoms with Crippen LogP contribution in [0.4, 0.5) is 0 Å². The minimum absolute atomic E-state index is 0.0214. The Morgan fingerprint density at radius 2 is 1.72 bits per heavy atom. The number of fused-ring (bicyclic) bond motifs is 1. The molecule has 4 rings (SSSR count). The molecular formula is C20H22N4O. The molecular weight excluding hydrogens is 312 g/mol. The van der Waals surface area contributed by atoms with Gasteiger partial charge in [-0.1, -0.05) is 43.2 Å². The van der Waals surface area contributed by atoms with Crippen molar-refractivity contribution in [1.29, 1.82) is 0 Å². The van der Waals surface area contributed by atoms with Crippen molar-refractivity contribution in [2.75, 3.05) is 13.1 Å². The molecule has 0 radical (unpaired) electrons. The van der Waals surface area contributed by atoms with E-state index >= 15 is 0 Å². The number of likely N-dealkylation sites (tertiary alicyclic amines) is 1. The molecule has 3 heterocycles. The number of hydrogen-bond donors (Lipinski definition) is 0. The number of rotatable bonds is 2. The molecule has 0 unspecified atom stereocenters. The van der Waals surface area contributed by atoms with Gasteiger partial charge in [-0.15, -0.1) is 0 Å². The molecule has 1 aliphatic heterocycles. The summed E-state index contributed by atoms with van der Waals surface area (Å²) in [6, 6.07) is 13.9. The van der Waals surface area contributed by atoms with E-state index in [2.05, 4.69) is 5.10 Å². The van der Waals surface area contributed by atoms with E-state index in [-0.39, 0.29) is 5.91 Å². The van der Waals surface area contributed by atoms with Crippen LogP contribution < -0.4 is 0 Å². The first-order valence-corrected chi connectivity index (χ1v) is 8.94.